The maximum Gasteiger partial charge on any atom is 0.194 e. The van der Waals surface area contributed by atoms with Crippen molar-refractivity contribution in [2.24, 2.45) is 0 Å². The number of hydrogen-bond donors (Lipinski definition) is 3. The molecule has 5 heteroatoms. The summed E-state index contributed by atoms with van der Waals surface area (Å²) in [6.07, 6.45) is 2.91. The van der Waals surface area contributed by atoms with Crippen molar-refractivity contribution in [3.05, 3.63) is 65.4 Å². The SMILES string of the molecule is O=C1C=C(c2c[nH]c3cc(O)c(O)cc23)C(=O)c2ccccc21. The van der Waals surface area contributed by atoms with Gasteiger partial charge in [0.2, 0.25) is 0 Å². The van der Waals surface area contributed by atoms with E-state index in [1.807, 2.05) is 0 Å². The van der Waals surface area contributed by atoms with Crippen LogP contribution in [0.5, 0.6) is 11.5 Å². The summed E-state index contributed by atoms with van der Waals surface area (Å²) in [6, 6.07) is 9.43. The molecule has 2 aromatic carbocycles. The van der Waals surface area contributed by atoms with Crippen molar-refractivity contribution >= 4 is 28.0 Å². The highest BCUT2D eigenvalue weighted by Crippen LogP contribution is 2.36. The minimum absolute atomic E-state index is 0.229. The van der Waals surface area contributed by atoms with Gasteiger partial charge >= 0.3 is 0 Å². The number of nitrogens with one attached hydrogen (secondary N) is 1. The third kappa shape index (κ3) is 1.87. The number of carbonyl (C=O) groups is 2. The Kier molecular flexibility index (Phi) is 2.65. The van der Waals surface area contributed by atoms with Crippen LogP contribution in [0, 0.1) is 0 Å². The molecule has 0 saturated heterocycles. The zero-order chi connectivity index (χ0) is 16.1. The number of aromatic hydroxyl groups is 2. The van der Waals surface area contributed by atoms with Gasteiger partial charge in [0.05, 0.1) is 0 Å². The molecule has 1 aromatic heterocycles. The van der Waals surface area contributed by atoms with Crippen LogP contribution in [0.25, 0.3) is 16.5 Å². The molecular formula is C18H11NO4. The summed E-state index contributed by atoms with van der Waals surface area (Å²) in [7, 11) is 0. The number of phenols is 2. The lowest BCUT2D eigenvalue weighted by atomic mass is 9.86. The maximum atomic E-state index is 12.7. The molecule has 0 aliphatic heterocycles. The number of aromatic amines is 1. The molecule has 112 valence electrons. The minimum atomic E-state index is -0.283. The van der Waals surface area contributed by atoms with Crippen molar-refractivity contribution in [2.75, 3.05) is 0 Å². The molecule has 5 nitrogen and oxygen atoms in total. The number of rotatable bonds is 1. The maximum absolute atomic E-state index is 12.7. The molecule has 0 radical (unpaired) electrons. The van der Waals surface area contributed by atoms with Gasteiger partial charge in [-0.3, -0.25) is 9.59 Å². The van der Waals surface area contributed by atoms with E-state index in [-0.39, 0.29) is 28.6 Å². The predicted molar refractivity (Wildman–Crippen MR) is 84.7 cm³/mol. The van der Waals surface area contributed by atoms with Crippen LogP contribution in [-0.2, 0) is 0 Å². The van der Waals surface area contributed by atoms with Crippen LogP contribution in [0.15, 0.2) is 48.7 Å². The molecule has 3 N–H and O–H groups in total. The molecule has 4 rings (SSSR count). The van der Waals surface area contributed by atoms with Crippen LogP contribution in [0.4, 0.5) is 0 Å². The topological polar surface area (TPSA) is 90.4 Å². The van der Waals surface area contributed by atoms with E-state index in [0.29, 0.717) is 27.6 Å². The standard InChI is InChI=1S/C18H11NO4/c20-15-6-12(18(23)10-4-2-1-3-9(10)15)13-8-19-14-7-17(22)16(21)5-11(13)14/h1-8,19,21-22H. The van der Waals surface area contributed by atoms with Crippen LogP contribution < -0.4 is 0 Å². The number of phenolic OH excluding ortho intramolecular Hbond substituents is 2. The first kappa shape index (κ1) is 13.3. The Labute approximate surface area is 130 Å². The highest BCUT2D eigenvalue weighted by Gasteiger charge is 2.27. The van der Waals surface area contributed by atoms with Gasteiger partial charge in [-0.1, -0.05) is 24.3 Å². The van der Waals surface area contributed by atoms with E-state index in [2.05, 4.69) is 4.98 Å². The van der Waals surface area contributed by atoms with Crippen molar-refractivity contribution in [3.63, 3.8) is 0 Å². The summed E-state index contributed by atoms with van der Waals surface area (Å²) >= 11 is 0. The second-order valence-corrected chi connectivity index (χ2v) is 5.39. The van der Waals surface area contributed by atoms with Crippen LogP contribution >= 0.6 is 0 Å². The molecule has 0 fully saturated rings. The average Bonchev–Trinajstić information content (AvgIpc) is 2.94. The molecule has 0 bridgehead atoms. The van der Waals surface area contributed by atoms with Gasteiger partial charge in [-0.25, -0.2) is 0 Å². The largest absolute Gasteiger partial charge is 0.504 e. The van der Waals surface area contributed by atoms with Gasteiger partial charge in [-0.2, -0.15) is 0 Å². The Morgan fingerprint density at radius 1 is 0.870 bits per heavy atom. The lowest BCUT2D eigenvalue weighted by Crippen LogP contribution is -2.15. The summed E-state index contributed by atoms with van der Waals surface area (Å²) < 4.78 is 0. The molecule has 23 heavy (non-hydrogen) atoms. The van der Waals surface area contributed by atoms with E-state index in [9.17, 15) is 19.8 Å². The zero-order valence-electron chi connectivity index (χ0n) is 11.8. The van der Waals surface area contributed by atoms with Crippen molar-refractivity contribution in [1.82, 2.24) is 4.98 Å². The summed E-state index contributed by atoms with van der Waals surface area (Å²) in [4.78, 5) is 27.9. The van der Waals surface area contributed by atoms with E-state index in [0.717, 1.165) is 0 Å². The van der Waals surface area contributed by atoms with E-state index >= 15 is 0 Å². The lowest BCUT2D eigenvalue weighted by molar-refractivity contribution is 0.100. The van der Waals surface area contributed by atoms with Crippen LogP contribution in [0.2, 0.25) is 0 Å². The fraction of sp³-hybridized carbons (Fsp3) is 0. The molecule has 0 atom stereocenters. The third-order valence-corrected chi connectivity index (χ3v) is 4.02. The Bertz CT molecular complexity index is 1030. The van der Waals surface area contributed by atoms with E-state index in [1.54, 1.807) is 30.5 Å². The summed E-state index contributed by atoms with van der Waals surface area (Å²) in [5.41, 5.74) is 2.11. The van der Waals surface area contributed by atoms with Crippen molar-refractivity contribution < 1.29 is 19.8 Å². The molecular weight excluding hydrogens is 294 g/mol. The summed E-state index contributed by atoms with van der Waals surface area (Å²) in [5.74, 6) is -1.01. The number of ketones is 2. The Morgan fingerprint density at radius 2 is 1.57 bits per heavy atom. The molecule has 0 spiro atoms. The second-order valence-electron chi connectivity index (χ2n) is 5.39. The van der Waals surface area contributed by atoms with Gasteiger partial charge in [0.15, 0.2) is 23.1 Å². The number of carbonyl (C=O) groups excluding carboxylic acids is 2. The van der Waals surface area contributed by atoms with Gasteiger partial charge in [0, 0.05) is 45.4 Å². The van der Waals surface area contributed by atoms with Crippen molar-refractivity contribution in [2.45, 2.75) is 0 Å². The van der Waals surface area contributed by atoms with Crippen molar-refractivity contribution in [3.8, 4) is 11.5 Å². The normalized spacial score (nSPS) is 14.0. The summed E-state index contributed by atoms with van der Waals surface area (Å²) in [6.45, 7) is 0. The Hall–Kier alpha value is -3.34. The minimum Gasteiger partial charge on any atom is -0.504 e. The molecule has 1 aliphatic carbocycles. The monoisotopic (exact) mass is 305 g/mol. The van der Waals surface area contributed by atoms with E-state index in [1.165, 1.54) is 18.2 Å². The first-order valence-corrected chi connectivity index (χ1v) is 6.99. The molecule has 0 saturated carbocycles. The van der Waals surface area contributed by atoms with E-state index < -0.39 is 0 Å². The lowest BCUT2D eigenvalue weighted by Gasteiger charge is -2.14. The predicted octanol–water partition coefficient (Wildman–Crippen LogP) is 3.04. The van der Waals surface area contributed by atoms with Gasteiger partial charge in [0.25, 0.3) is 0 Å². The third-order valence-electron chi connectivity index (χ3n) is 4.02. The number of Topliss-reactive ketones (excluding diaryl/α,β-unsaturated/α-hetero) is 1. The Morgan fingerprint density at radius 3 is 2.35 bits per heavy atom. The molecule has 0 unspecified atom stereocenters. The number of hydrogen-bond acceptors (Lipinski definition) is 4. The highest BCUT2D eigenvalue weighted by molar-refractivity contribution is 6.39. The fourth-order valence-corrected chi connectivity index (χ4v) is 2.89. The summed E-state index contributed by atoms with van der Waals surface area (Å²) in [5, 5.41) is 19.8. The van der Waals surface area contributed by atoms with Gasteiger partial charge in [-0.15, -0.1) is 0 Å². The van der Waals surface area contributed by atoms with Crippen LogP contribution in [-0.4, -0.2) is 26.8 Å². The molecule has 1 aliphatic rings. The van der Waals surface area contributed by atoms with Gasteiger partial charge in [-0.05, 0) is 12.1 Å². The average molecular weight is 305 g/mol. The number of allylic oxidation sites excluding steroid dienone is 2. The molecule has 0 amide bonds. The van der Waals surface area contributed by atoms with Crippen LogP contribution in [0.1, 0.15) is 26.3 Å². The van der Waals surface area contributed by atoms with E-state index in [4.69, 9.17) is 0 Å². The number of fused-ring (bicyclic) bond motifs is 2. The van der Waals surface area contributed by atoms with Gasteiger partial charge in [0.1, 0.15) is 0 Å². The van der Waals surface area contributed by atoms with Crippen molar-refractivity contribution in [1.29, 1.82) is 0 Å². The first-order valence-electron chi connectivity index (χ1n) is 6.99. The smallest absolute Gasteiger partial charge is 0.194 e. The Balaban J connectivity index is 1.94. The van der Waals surface area contributed by atoms with Crippen LogP contribution in [0.3, 0.4) is 0 Å². The first-order chi connectivity index (χ1) is 11.1. The number of benzene rings is 2. The van der Waals surface area contributed by atoms with Gasteiger partial charge < -0.3 is 15.2 Å². The quantitative estimate of drug-likeness (QED) is 0.603. The fourth-order valence-electron chi connectivity index (χ4n) is 2.89. The number of aromatic nitrogens is 1. The second kappa shape index (κ2) is 4.58. The zero-order valence-corrected chi connectivity index (χ0v) is 11.8. The highest BCUT2D eigenvalue weighted by atomic mass is 16.3. The number of H-pyrrole nitrogens is 1. The molecule has 3 aromatic rings. The molecule has 1 heterocycles.